The average molecular weight is 256 g/mol. The van der Waals surface area contributed by atoms with Crippen LogP contribution in [-0.4, -0.2) is 55.4 Å². The van der Waals surface area contributed by atoms with Crippen LogP contribution in [0.25, 0.3) is 0 Å². The summed E-state index contributed by atoms with van der Waals surface area (Å²) in [5.41, 5.74) is 0. The number of hydrogen-bond donors (Lipinski definition) is 2. The molecule has 0 radical (unpaired) electrons. The van der Waals surface area contributed by atoms with E-state index in [2.05, 4.69) is 5.32 Å². The van der Waals surface area contributed by atoms with Gasteiger partial charge in [-0.15, -0.1) is 0 Å². The van der Waals surface area contributed by atoms with Gasteiger partial charge >= 0.3 is 6.18 Å². The van der Waals surface area contributed by atoms with E-state index >= 15 is 0 Å². The van der Waals surface area contributed by atoms with Gasteiger partial charge in [0.2, 0.25) is 5.91 Å². The Labute approximate surface area is 98.8 Å². The Morgan fingerprint density at radius 2 is 1.94 bits per heavy atom. The van der Waals surface area contributed by atoms with Gasteiger partial charge in [0.15, 0.2) is 0 Å². The molecule has 0 aromatic rings. The first kappa shape index (κ1) is 16.2. The fraction of sp³-hybridized carbons (Fsp3) is 0.900. The first-order valence-electron chi connectivity index (χ1n) is 5.49. The van der Waals surface area contributed by atoms with Gasteiger partial charge in [-0.2, -0.15) is 13.2 Å². The van der Waals surface area contributed by atoms with Crippen molar-refractivity contribution in [3.63, 3.8) is 0 Å². The molecule has 0 rings (SSSR count). The Kier molecular flexibility index (Phi) is 7.90. The van der Waals surface area contributed by atoms with Crippen molar-refractivity contribution in [3.8, 4) is 0 Å². The van der Waals surface area contributed by atoms with E-state index in [1.807, 2.05) is 0 Å². The monoisotopic (exact) mass is 256 g/mol. The van der Waals surface area contributed by atoms with E-state index in [1.165, 1.54) is 4.90 Å². The van der Waals surface area contributed by atoms with E-state index in [4.69, 9.17) is 5.11 Å². The van der Waals surface area contributed by atoms with Gasteiger partial charge in [0.1, 0.15) is 0 Å². The van der Waals surface area contributed by atoms with Crippen LogP contribution in [0.2, 0.25) is 0 Å². The normalized spacial score (nSPS) is 11.6. The van der Waals surface area contributed by atoms with Crippen LogP contribution in [0.4, 0.5) is 13.2 Å². The number of amides is 1. The van der Waals surface area contributed by atoms with Crippen LogP contribution in [0.3, 0.4) is 0 Å². The molecular formula is C10H19F3N2O2. The summed E-state index contributed by atoms with van der Waals surface area (Å²) in [5, 5.41) is 10.6. The molecule has 0 bridgehead atoms. The van der Waals surface area contributed by atoms with Gasteiger partial charge in [0, 0.05) is 20.2 Å². The van der Waals surface area contributed by atoms with E-state index in [9.17, 15) is 18.0 Å². The molecule has 2 N–H and O–H groups in total. The number of nitrogens with one attached hydrogen (secondary N) is 1. The smallest absolute Gasteiger partial charge is 0.396 e. The second kappa shape index (κ2) is 8.30. The summed E-state index contributed by atoms with van der Waals surface area (Å²) in [6.45, 7) is -0.857. The summed E-state index contributed by atoms with van der Waals surface area (Å²) < 4.78 is 35.4. The summed E-state index contributed by atoms with van der Waals surface area (Å²) in [6.07, 6.45) is -2.08. The van der Waals surface area contributed by atoms with Crippen molar-refractivity contribution in [1.29, 1.82) is 0 Å². The maximum atomic E-state index is 11.8. The maximum absolute atomic E-state index is 11.8. The van der Waals surface area contributed by atoms with Crippen LogP contribution in [-0.2, 0) is 4.79 Å². The van der Waals surface area contributed by atoms with E-state index < -0.39 is 12.7 Å². The third-order valence-corrected chi connectivity index (χ3v) is 2.18. The number of carbonyl (C=O) groups is 1. The highest BCUT2D eigenvalue weighted by Gasteiger charge is 2.26. The number of alkyl halides is 3. The predicted octanol–water partition coefficient (Wildman–Crippen LogP) is 0.759. The number of unbranched alkanes of at least 4 members (excludes halogenated alkanes) is 2. The van der Waals surface area contributed by atoms with Crippen molar-refractivity contribution in [2.45, 2.75) is 25.4 Å². The molecule has 102 valence electrons. The third kappa shape index (κ3) is 10.1. The molecule has 0 spiro atoms. The van der Waals surface area contributed by atoms with Gasteiger partial charge in [-0.25, -0.2) is 0 Å². The van der Waals surface area contributed by atoms with Crippen molar-refractivity contribution < 1.29 is 23.1 Å². The van der Waals surface area contributed by atoms with Crippen molar-refractivity contribution in [1.82, 2.24) is 10.2 Å². The van der Waals surface area contributed by atoms with Crippen LogP contribution >= 0.6 is 0 Å². The molecule has 0 saturated carbocycles. The van der Waals surface area contributed by atoms with Gasteiger partial charge in [-0.1, -0.05) is 0 Å². The van der Waals surface area contributed by atoms with Crippen molar-refractivity contribution in [2.24, 2.45) is 0 Å². The fourth-order valence-electron chi connectivity index (χ4n) is 1.21. The number of aliphatic hydroxyl groups is 1. The molecule has 7 heteroatoms. The number of hydrogen-bond acceptors (Lipinski definition) is 3. The molecular weight excluding hydrogens is 237 g/mol. The Morgan fingerprint density at radius 3 is 2.47 bits per heavy atom. The number of carbonyl (C=O) groups excluding carboxylic acids is 1. The van der Waals surface area contributed by atoms with Gasteiger partial charge in [0.05, 0.1) is 13.1 Å². The summed E-state index contributed by atoms with van der Waals surface area (Å²) in [4.78, 5) is 12.7. The molecule has 0 aromatic carbocycles. The Bertz CT molecular complexity index is 222. The molecule has 0 aromatic heterocycles. The number of rotatable bonds is 8. The van der Waals surface area contributed by atoms with Crippen LogP contribution in [0.15, 0.2) is 0 Å². The summed E-state index contributed by atoms with van der Waals surface area (Å²) >= 11 is 0. The zero-order valence-electron chi connectivity index (χ0n) is 9.89. The minimum atomic E-state index is -4.29. The second-order valence-corrected chi connectivity index (χ2v) is 3.82. The predicted molar refractivity (Wildman–Crippen MR) is 57.5 cm³/mol. The minimum Gasteiger partial charge on any atom is -0.396 e. The van der Waals surface area contributed by atoms with E-state index in [0.29, 0.717) is 13.0 Å². The number of likely N-dealkylation sites (N-methyl/N-ethyl adjacent to an activating group) is 1. The topological polar surface area (TPSA) is 52.6 Å². The lowest BCUT2D eigenvalue weighted by molar-refractivity contribution is -0.133. The van der Waals surface area contributed by atoms with Gasteiger partial charge in [-0.3, -0.25) is 4.79 Å². The summed E-state index contributed by atoms with van der Waals surface area (Å²) in [5.74, 6) is -0.363. The lowest BCUT2D eigenvalue weighted by Gasteiger charge is -2.17. The fourth-order valence-corrected chi connectivity index (χ4v) is 1.21. The summed E-state index contributed by atoms with van der Waals surface area (Å²) in [6, 6.07) is 0. The molecule has 0 fully saturated rings. The van der Waals surface area contributed by atoms with Crippen LogP contribution in [0.1, 0.15) is 19.3 Å². The molecule has 17 heavy (non-hydrogen) atoms. The van der Waals surface area contributed by atoms with E-state index in [-0.39, 0.29) is 19.1 Å². The van der Waals surface area contributed by atoms with Crippen molar-refractivity contribution >= 4 is 5.91 Å². The molecule has 0 atom stereocenters. The average Bonchev–Trinajstić information content (AvgIpc) is 2.22. The molecule has 0 unspecified atom stereocenters. The minimum absolute atomic E-state index is 0.116. The molecule has 4 nitrogen and oxygen atoms in total. The standard InChI is InChI=1S/C10H19F3N2O2/c1-15(5-3-2-4-6-16)9(17)7-14-8-10(11,12)13/h14,16H,2-8H2,1H3. The van der Waals surface area contributed by atoms with Crippen molar-refractivity contribution in [2.75, 3.05) is 33.3 Å². The van der Waals surface area contributed by atoms with Crippen LogP contribution in [0, 0.1) is 0 Å². The highest BCUT2D eigenvalue weighted by atomic mass is 19.4. The van der Waals surface area contributed by atoms with Gasteiger partial charge in [0.25, 0.3) is 0 Å². The van der Waals surface area contributed by atoms with E-state index in [1.54, 1.807) is 7.05 Å². The quantitative estimate of drug-likeness (QED) is 0.630. The van der Waals surface area contributed by atoms with Crippen LogP contribution < -0.4 is 5.32 Å². The second-order valence-electron chi connectivity index (χ2n) is 3.82. The first-order chi connectivity index (χ1) is 7.87. The molecule has 0 saturated heterocycles. The highest BCUT2D eigenvalue weighted by Crippen LogP contribution is 2.11. The largest absolute Gasteiger partial charge is 0.401 e. The zero-order valence-corrected chi connectivity index (χ0v) is 9.89. The number of aliphatic hydroxyl groups excluding tert-OH is 1. The molecule has 0 aliphatic heterocycles. The molecule has 0 aliphatic carbocycles. The molecule has 1 amide bonds. The Morgan fingerprint density at radius 1 is 1.29 bits per heavy atom. The zero-order chi connectivity index (χ0) is 13.3. The van der Waals surface area contributed by atoms with Gasteiger partial charge in [-0.05, 0) is 19.3 Å². The Balaban J connectivity index is 3.60. The molecule has 0 aliphatic rings. The highest BCUT2D eigenvalue weighted by molar-refractivity contribution is 5.77. The SMILES string of the molecule is CN(CCCCCO)C(=O)CNCC(F)(F)F. The van der Waals surface area contributed by atoms with Crippen molar-refractivity contribution in [3.05, 3.63) is 0 Å². The lowest BCUT2D eigenvalue weighted by Crippen LogP contribution is -2.39. The Hall–Kier alpha value is -0.820. The molecule has 0 heterocycles. The third-order valence-electron chi connectivity index (χ3n) is 2.18. The lowest BCUT2D eigenvalue weighted by atomic mass is 10.2. The van der Waals surface area contributed by atoms with E-state index in [0.717, 1.165) is 12.8 Å². The summed E-state index contributed by atoms with van der Waals surface area (Å²) in [7, 11) is 1.55. The van der Waals surface area contributed by atoms with Gasteiger partial charge < -0.3 is 15.3 Å². The number of halogens is 3. The maximum Gasteiger partial charge on any atom is 0.401 e. The first-order valence-corrected chi connectivity index (χ1v) is 5.49. The number of nitrogens with zero attached hydrogens (tertiary/aromatic N) is 1. The van der Waals surface area contributed by atoms with Crippen LogP contribution in [0.5, 0.6) is 0 Å².